The molecule has 0 amide bonds. The van der Waals surface area contributed by atoms with Gasteiger partial charge in [-0.3, -0.25) is 0 Å². The van der Waals surface area contributed by atoms with Crippen molar-refractivity contribution in [3.8, 4) is 11.1 Å². The number of hydrogen-bond donors (Lipinski definition) is 0. The van der Waals surface area contributed by atoms with Gasteiger partial charge in [0.1, 0.15) is 34.4 Å². The minimum Gasteiger partial charge on any atom is -0.454 e. The standard InChI is InChI=1S/C70H56F4N2O2Si2/c1-69(2)55-21-9-11-23-57(55)70(58-24-12-10-22-56(58)69)59-39-45(75(47-35-41(71)33-42(72)36-47)61-25-13-17-51-53-19-15-27-63(79(3,4)5)67(53)77-65(51)61)29-31-49(59)50-32-30-46(40-60(50)70)76(48-37-43(73)34-44(74)38-48)62-26-14-18-52-54-20-16-28-64(80(6,7)8)68(54)78-66(52)62/h9-40H,1-8H3. The second-order valence-corrected chi connectivity index (χ2v) is 34.3. The third-order valence-corrected chi connectivity index (χ3v) is 21.0. The largest absolute Gasteiger partial charge is 0.454 e. The molecule has 2 aromatic heterocycles. The number of rotatable bonds is 8. The zero-order chi connectivity index (χ0) is 55.4. The van der Waals surface area contributed by atoms with E-state index in [2.05, 4.69) is 162 Å². The molecule has 2 heterocycles. The van der Waals surface area contributed by atoms with E-state index in [0.29, 0.717) is 33.9 Å². The Bertz CT molecular complexity index is 4250. The maximum atomic E-state index is 15.8. The van der Waals surface area contributed by atoms with Crippen LogP contribution in [-0.4, -0.2) is 16.1 Å². The molecule has 0 saturated heterocycles. The second-order valence-electron chi connectivity index (χ2n) is 24.2. The normalized spacial score (nSPS) is 14.2. The van der Waals surface area contributed by atoms with Gasteiger partial charge in [-0.25, -0.2) is 17.6 Å². The minimum atomic E-state index is -1.91. The van der Waals surface area contributed by atoms with E-state index < -0.39 is 50.2 Å². The molecule has 0 N–H and O–H groups in total. The van der Waals surface area contributed by atoms with Crippen LogP contribution in [0.3, 0.4) is 0 Å². The monoisotopic (exact) mass is 1090 g/mol. The third kappa shape index (κ3) is 7.30. The Hall–Kier alpha value is -8.45. The number of fused-ring (bicyclic) bond motifs is 15. The quantitative estimate of drug-likeness (QED) is 0.112. The van der Waals surface area contributed by atoms with Crippen LogP contribution in [0.2, 0.25) is 39.3 Å². The van der Waals surface area contributed by atoms with E-state index in [9.17, 15) is 0 Å². The molecule has 12 aromatic rings. The second kappa shape index (κ2) is 17.5. The van der Waals surface area contributed by atoms with Gasteiger partial charge in [-0.05, 0) is 116 Å². The van der Waals surface area contributed by atoms with Crippen LogP contribution >= 0.6 is 0 Å². The fourth-order valence-electron chi connectivity index (χ4n) is 13.5. The summed E-state index contributed by atoms with van der Waals surface area (Å²) in [5, 5.41) is 6.11. The van der Waals surface area contributed by atoms with E-state index in [1.807, 2.05) is 58.3 Å². The van der Waals surface area contributed by atoms with E-state index in [1.54, 1.807) is 0 Å². The maximum absolute atomic E-state index is 15.8. The summed E-state index contributed by atoms with van der Waals surface area (Å²) in [5.41, 5.74) is 12.8. The third-order valence-electron chi connectivity index (χ3n) is 16.9. The summed E-state index contributed by atoms with van der Waals surface area (Å²) in [6.45, 7) is 18.3. The SMILES string of the molecule is CC1(C)c2ccccc2C2(c3cc(N(c4cc(F)cc(F)c4)c4cccc5c4oc4c([Si](C)(C)C)cccc45)ccc3-c3ccc(N(c4cc(F)cc(F)c4)c4cccc5c4oc4c([Si](C)(C)C)cccc45)cc32)c2ccccc21. The first-order valence-corrected chi connectivity index (χ1v) is 34.2. The molecule has 80 heavy (non-hydrogen) atoms. The smallest absolute Gasteiger partial charge is 0.159 e. The first-order chi connectivity index (χ1) is 38.3. The van der Waals surface area contributed by atoms with Gasteiger partial charge in [0, 0.05) is 50.5 Å². The van der Waals surface area contributed by atoms with Crippen molar-refractivity contribution in [2.45, 2.75) is 64.0 Å². The van der Waals surface area contributed by atoms with Crippen molar-refractivity contribution in [1.29, 1.82) is 0 Å². The topological polar surface area (TPSA) is 32.8 Å². The van der Waals surface area contributed by atoms with E-state index in [1.165, 1.54) is 34.6 Å². The fourth-order valence-corrected chi connectivity index (χ4v) is 16.4. The first kappa shape index (κ1) is 49.8. The lowest BCUT2D eigenvalue weighted by Gasteiger charge is -2.47. The van der Waals surface area contributed by atoms with Crippen LogP contribution < -0.4 is 20.2 Å². The average Bonchev–Trinajstić information content (AvgIpc) is 4.20. The molecule has 0 atom stereocenters. The molecule has 0 radical (unpaired) electrons. The molecular formula is C70H56F4N2O2Si2. The summed E-state index contributed by atoms with van der Waals surface area (Å²) in [4.78, 5) is 3.83. The molecule has 0 fully saturated rings. The van der Waals surface area contributed by atoms with Crippen molar-refractivity contribution >= 4 is 105 Å². The minimum absolute atomic E-state index is 0.285. The zero-order valence-corrected chi connectivity index (χ0v) is 47.7. The molecule has 10 heteroatoms. The Labute approximate surface area is 464 Å². The Morgan fingerprint density at radius 1 is 0.338 bits per heavy atom. The van der Waals surface area contributed by atoms with Gasteiger partial charge in [0.2, 0.25) is 0 Å². The van der Waals surface area contributed by atoms with Gasteiger partial charge in [-0.2, -0.15) is 0 Å². The number of nitrogens with zero attached hydrogens (tertiary/aromatic N) is 2. The highest BCUT2D eigenvalue weighted by atomic mass is 28.3. The highest BCUT2D eigenvalue weighted by Gasteiger charge is 2.54. The maximum Gasteiger partial charge on any atom is 0.159 e. The highest BCUT2D eigenvalue weighted by molar-refractivity contribution is 6.90. The van der Waals surface area contributed by atoms with Gasteiger partial charge in [0.05, 0.1) is 44.3 Å². The van der Waals surface area contributed by atoms with Crippen LogP contribution in [0.15, 0.2) is 203 Å². The van der Waals surface area contributed by atoms with Crippen molar-refractivity contribution in [3.05, 3.63) is 251 Å². The molecule has 10 aromatic carbocycles. The Morgan fingerprint density at radius 2 is 0.688 bits per heavy atom. The molecule has 0 bridgehead atoms. The summed E-state index contributed by atoms with van der Waals surface area (Å²) in [6.07, 6.45) is 0. The summed E-state index contributed by atoms with van der Waals surface area (Å²) in [5.74, 6) is -2.85. The first-order valence-electron chi connectivity index (χ1n) is 27.2. The van der Waals surface area contributed by atoms with Gasteiger partial charge < -0.3 is 18.6 Å². The lowest BCUT2D eigenvalue weighted by Crippen LogP contribution is -2.40. The molecule has 1 spiro atoms. The molecule has 4 nitrogen and oxygen atoms in total. The molecule has 394 valence electrons. The van der Waals surface area contributed by atoms with Crippen LogP contribution in [-0.2, 0) is 10.8 Å². The molecule has 0 saturated carbocycles. The van der Waals surface area contributed by atoms with Crippen LogP contribution in [0.5, 0.6) is 0 Å². The van der Waals surface area contributed by atoms with E-state index in [0.717, 1.165) is 89.4 Å². The van der Waals surface area contributed by atoms with E-state index in [4.69, 9.17) is 8.83 Å². The molecule has 0 unspecified atom stereocenters. The van der Waals surface area contributed by atoms with Crippen molar-refractivity contribution in [3.63, 3.8) is 0 Å². The highest BCUT2D eigenvalue weighted by Crippen LogP contribution is 2.64. The Kier molecular flexibility index (Phi) is 10.9. The molecular weight excluding hydrogens is 1030 g/mol. The summed E-state index contributed by atoms with van der Waals surface area (Å²) in [6, 6.07) is 61.8. The molecule has 0 aliphatic heterocycles. The van der Waals surface area contributed by atoms with Gasteiger partial charge in [-0.15, -0.1) is 0 Å². The van der Waals surface area contributed by atoms with Gasteiger partial charge in [0.25, 0.3) is 0 Å². The van der Waals surface area contributed by atoms with Crippen molar-refractivity contribution in [2.24, 2.45) is 0 Å². The predicted molar refractivity (Wildman–Crippen MR) is 326 cm³/mol. The van der Waals surface area contributed by atoms with Gasteiger partial charge >= 0.3 is 0 Å². The van der Waals surface area contributed by atoms with Crippen LogP contribution in [0, 0.1) is 23.3 Å². The van der Waals surface area contributed by atoms with E-state index in [-0.39, 0.29) is 11.4 Å². The summed E-state index contributed by atoms with van der Waals surface area (Å²) in [7, 11) is -3.82. The van der Waals surface area contributed by atoms with Gasteiger partial charge in [-0.1, -0.05) is 174 Å². The Balaban J connectivity index is 1.06. The van der Waals surface area contributed by atoms with Crippen molar-refractivity contribution in [1.82, 2.24) is 0 Å². The number of para-hydroxylation sites is 4. The number of halogens is 4. The van der Waals surface area contributed by atoms with Crippen molar-refractivity contribution < 1.29 is 26.4 Å². The molecule has 14 rings (SSSR count). The zero-order valence-electron chi connectivity index (χ0n) is 45.7. The number of anilines is 6. The Morgan fingerprint density at radius 3 is 1.06 bits per heavy atom. The van der Waals surface area contributed by atoms with Gasteiger partial charge in [0.15, 0.2) is 11.2 Å². The van der Waals surface area contributed by atoms with E-state index >= 15 is 17.6 Å². The lowest BCUT2D eigenvalue weighted by atomic mass is 9.55. The molecule has 2 aliphatic carbocycles. The summed E-state index contributed by atoms with van der Waals surface area (Å²) >= 11 is 0. The van der Waals surface area contributed by atoms with Crippen LogP contribution in [0.25, 0.3) is 55.0 Å². The molecule has 2 aliphatic rings. The van der Waals surface area contributed by atoms with Crippen LogP contribution in [0.4, 0.5) is 51.7 Å². The lowest BCUT2D eigenvalue weighted by molar-refractivity contribution is 0.563. The van der Waals surface area contributed by atoms with Crippen molar-refractivity contribution in [2.75, 3.05) is 9.80 Å². The number of benzene rings is 10. The predicted octanol–water partition coefficient (Wildman–Crippen LogP) is 19.1. The summed E-state index contributed by atoms with van der Waals surface area (Å²) < 4.78 is 77.4. The fraction of sp³-hybridized carbons (Fsp3) is 0.143. The number of hydrogen-bond acceptors (Lipinski definition) is 4. The average molecular weight is 1090 g/mol. The van der Waals surface area contributed by atoms with Crippen LogP contribution in [0.1, 0.15) is 47.2 Å². The number of furan rings is 2.